The predicted octanol–water partition coefficient (Wildman–Crippen LogP) is 2.56. The van der Waals surface area contributed by atoms with Gasteiger partial charge in [-0.3, -0.25) is 19.2 Å². The van der Waals surface area contributed by atoms with Gasteiger partial charge in [-0.25, -0.2) is 9.86 Å². The highest BCUT2D eigenvalue weighted by Gasteiger charge is 2.32. The molecule has 0 radical (unpaired) electrons. The molecule has 0 aliphatic heterocycles. The number of hydroxylamine groups is 2. The highest BCUT2D eigenvalue weighted by Crippen LogP contribution is 2.11. The van der Waals surface area contributed by atoms with Crippen LogP contribution in [0.1, 0.15) is 53.0 Å². The maximum absolute atomic E-state index is 13.1. The van der Waals surface area contributed by atoms with Crippen LogP contribution < -0.4 is 10.6 Å². The maximum Gasteiger partial charge on any atom is 0.408 e. The number of amides is 3. The first-order valence-corrected chi connectivity index (χ1v) is 11.1. The summed E-state index contributed by atoms with van der Waals surface area (Å²) in [6, 6.07) is 6.83. The second-order valence-electron chi connectivity index (χ2n) is 9.26. The molecule has 0 aliphatic carbocycles. The minimum Gasteiger partial charge on any atom is -0.461 e. The summed E-state index contributed by atoms with van der Waals surface area (Å²) in [6.07, 6.45) is -0.986. The minimum absolute atomic E-state index is 0.0214. The Hall–Kier alpha value is -3.14. The number of alkyl carbamates (subject to hydrolysis) is 1. The Balaban J connectivity index is 2.96. The molecule has 1 aromatic rings. The van der Waals surface area contributed by atoms with Gasteiger partial charge in [0.25, 0.3) is 5.91 Å². The second-order valence-corrected chi connectivity index (χ2v) is 9.26. The summed E-state index contributed by atoms with van der Waals surface area (Å²) >= 11 is 0. The second kappa shape index (κ2) is 13.5. The van der Waals surface area contributed by atoms with Gasteiger partial charge in [-0.15, -0.1) is 0 Å². The topological polar surface area (TPSA) is 123 Å². The summed E-state index contributed by atoms with van der Waals surface area (Å²) < 4.78 is 10.5. The van der Waals surface area contributed by atoms with E-state index in [1.54, 1.807) is 32.9 Å². The Bertz CT molecular complexity index is 822. The highest BCUT2D eigenvalue weighted by atomic mass is 16.7. The zero-order valence-corrected chi connectivity index (χ0v) is 21.0. The van der Waals surface area contributed by atoms with Crippen LogP contribution in [0.5, 0.6) is 0 Å². The number of likely N-dealkylation sites (N-methyl/N-ethyl adjacent to an activating group) is 1. The fourth-order valence-electron chi connectivity index (χ4n) is 2.90. The van der Waals surface area contributed by atoms with Gasteiger partial charge >= 0.3 is 12.1 Å². The van der Waals surface area contributed by atoms with Gasteiger partial charge in [0.15, 0.2) is 0 Å². The van der Waals surface area contributed by atoms with Gasteiger partial charge in [0.05, 0.1) is 13.5 Å². The van der Waals surface area contributed by atoms with Crippen molar-refractivity contribution in [2.45, 2.75) is 71.8 Å². The zero-order valence-electron chi connectivity index (χ0n) is 21.0. The Kier molecular flexibility index (Phi) is 11.5. The number of benzene rings is 1. The molecule has 34 heavy (non-hydrogen) atoms. The first-order valence-electron chi connectivity index (χ1n) is 11.1. The van der Waals surface area contributed by atoms with Crippen molar-refractivity contribution in [2.75, 3.05) is 14.2 Å². The van der Waals surface area contributed by atoms with Crippen LogP contribution in [0.15, 0.2) is 30.3 Å². The van der Waals surface area contributed by atoms with Gasteiger partial charge in [-0.05, 0) is 38.7 Å². The first-order chi connectivity index (χ1) is 15.8. The molecule has 0 aliphatic rings. The number of ether oxygens (including phenoxy) is 2. The van der Waals surface area contributed by atoms with E-state index in [1.165, 1.54) is 14.2 Å². The number of nitrogens with one attached hydrogen (secondary N) is 2. The summed E-state index contributed by atoms with van der Waals surface area (Å²) in [5.41, 5.74) is -0.0295. The van der Waals surface area contributed by atoms with Gasteiger partial charge in [0.1, 0.15) is 24.3 Å². The maximum atomic E-state index is 13.1. The Morgan fingerprint density at radius 3 is 2.15 bits per heavy atom. The average molecular weight is 480 g/mol. The SMILES string of the molecule is CON(C)C(=O)[C@H](CC(C)C)NC(=O)[C@@H](CC(=O)OCc1ccccc1)NC(=O)OC(C)(C)C. The van der Waals surface area contributed by atoms with E-state index < -0.39 is 48.0 Å². The lowest BCUT2D eigenvalue weighted by Gasteiger charge is -2.27. The lowest BCUT2D eigenvalue weighted by Crippen LogP contribution is -2.55. The van der Waals surface area contributed by atoms with E-state index in [1.807, 2.05) is 32.0 Å². The molecule has 0 bridgehead atoms. The number of nitrogens with zero attached hydrogens (tertiary/aromatic N) is 1. The third kappa shape index (κ3) is 11.1. The van der Waals surface area contributed by atoms with E-state index >= 15 is 0 Å². The fourth-order valence-corrected chi connectivity index (χ4v) is 2.90. The lowest BCUT2D eigenvalue weighted by atomic mass is 10.0. The van der Waals surface area contributed by atoms with Crippen molar-refractivity contribution < 1.29 is 33.5 Å². The lowest BCUT2D eigenvalue weighted by molar-refractivity contribution is -0.172. The molecule has 0 aromatic heterocycles. The van der Waals surface area contributed by atoms with Crippen LogP contribution in [0.2, 0.25) is 0 Å². The Morgan fingerprint density at radius 2 is 1.62 bits per heavy atom. The van der Waals surface area contributed by atoms with Gasteiger partial charge in [-0.2, -0.15) is 0 Å². The number of esters is 1. The molecule has 1 rings (SSSR count). The van der Waals surface area contributed by atoms with Crippen molar-refractivity contribution in [3.63, 3.8) is 0 Å². The molecule has 0 saturated heterocycles. The summed E-state index contributed by atoms with van der Waals surface area (Å²) in [5, 5.41) is 6.05. The smallest absolute Gasteiger partial charge is 0.408 e. The first kappa shape index (κ1) is 28.9. The summed E-state index contributed by atoms with van der Waals surface area (Å²) in [5.74, 6) is -1.80. The normalized spacial score (nSPS) is 12.9. The van der Waals surface area contributed by atoms with Gasteiger partial charge < -0.3 is 20.1 Å². The van der Waals surface area contributed by atoms with E-state index in [9.17, 15) is 19.2 Å². The predicted molar refractivity (Wildman–Crippen MR) is 125 cm³/mol. The largest absolute Gasteiger partial charge is 0.461 e. The molecule has 1 aromatic carbocycles. The van der Waals surface area contributed by atoms with Gasteiger partial charge in [0, 0.05) is 7.05 Å². The Labute approximate surface area is 201 Å². The van der Waals surface area contributed by atoms with E-state index in [4.69, 9.17) is 14.3 Å². The van der Waals surface area contributed by atoms with Crippen molar-refractivity contribution in [2.24, 2.45) is 5.92 Å². The minimum atomic E-state index is -1.31. The van der Waals surface area contributed by atoms with Crippen LogP contribution in [0, 0.1) is 5.92 Å². The highest BCUT2D eigenvalue weighted by molar-refractivity contribution is 5.93. The molecule has 190 valence electrons. The summed E-state index contributed by atoms with van der Waals surface area (Å²) in [6.45, 7) is 8.84. The van der Waals surface area contributed by atoms with E-state index in [0.29, 0.717) is 6.42 Å². The number of carbonyl (C=O) groups excluding carboxylic acids is 4. The van der Waals surface area contributed by atoms with Crippen LogP contribution >= 0.6 is 0 Å². The monoisotopic (exact) mass is 479 g/mol. The molecule has 10 heteroatoms. The molecular formula is C24H37N3O7. The average Bonchev–Trinajstić information content (AvgIpc) is 2.74. The third-order valence-electron chi connectivity index (χ3n) is 4.53. The van der Waals surface area contributed by atoms with Crippen molar-refractivity contribution in [1.29, 1.82) is 0 Å². The van der Waals surface area contributed by atoms with E-state index in [0.717, 1.165) is 10.6 Å². The fraction of sp³-hybridized carbons (Fsp3) is 0.583. The molecule has 0 fully saturated rings. The molecule has 2 atom stereocenters. The zero-order chi connectivity index (χ0) is 25.9. The molecule has 0 heterocycles. The molecule has 2 N–H and O–H groups in total. The van der Waals surface area contributed by atoms with Gasteiger partial charge in [-0.1, -0.05) is 44.2 Å². The molecular weight excluding hydrogens is 442 g/mol. The molecule has 0 unspecified atom stereocenters. The number of hydrogen-bond donors (Lipinski definition) is 2. The van der Waals surface area contributed by atoms with Crippen LogP contribution in [-0.4, -0.2) is 60.8 Å². The third-order valence-corrected chi connectivity index (χ3v) is 4.53. The van der Waals surface area contributed by atoms with Crippen molar-refractivity contribution in [3.05, 3.63) is 35.9 Å². The number of hydrogen-bond acceptors (Lipinski definition) is 7. The van der Waals surface area contributed by atoms with E-state index in [2.05, 4.69) is 10.6 Å². The van der Waals surface area contributed by atoms with Crippen LogP contribution in [-0.2, 0) is 35.3 Å². The van der Waals surface area contributed by atoms with Crippen molar-refractivity contribution in [3.8, 4) is 0 Å². The van der Waals surface area contributed by atoms with Crippen molar-refractivity contribution in [1.82, 2.24) is 15.7 Å². The summed E-state index contributed by atoms with van der Waals surface area (Å²) in [4.78, 5) is 55.4. The van der Waals surface area contributed by atoms with Gasteiger partial charge in [0.2, 0.25) is 5.91 Å². The Morgan fingerprint density at radius 1 is 1.00 bits per heavy atom. The van der Waals surface area contributed by atoms with Crippen LogP contribution in [0.4, 0.5) is 4.79 Å². The molecule has 10 nitrogen and oxygen atoms in total. The number of carbonyl (C=O) groups is 4. The quantitative estimate of drug-likeness (QED) is 0.369. The molecule has 0 spiro atoms. The van der Waals surface area contributed by atoms with Crippen molar-refractivity contribution >= 4 is 23.9 Å². The standard InChI is InChI=1S/C24H37N3O7/c1-16(2)13-19(22(30)27(6)32-7)25-21(29)18(26-23(31)34-24(3,4)5)14-20(28)33-15-17-11-9-8-10-12-17/h8-12,16,18-19H,13-15H2,1-7H3,(H,25,29)(H,26,31)/t18-,19+/m1/s1. The van der Waals surface area contributed by atoms with E-state index in [-0.39, 0.29) is 12.5 Å². The van der Waals surface area contributed by atoms with Crippen LogP contribution in [0.3, 0.4) is 0 Å². The molecule has 0 saturated carbocycles. The number of rotatable bonds is 11. The summed E-state index contributed by atoms with van der Waals surface area (Å²) in [7, 11) is 2.76. The van der Waals surface area contributed by atoms with Crippen LogP contribution in [0.25, 0.3) is 0 Å². The molecule has 3 amide bonds.